The summed E-state index contributed by atoms with van der Waals surface area (Å²) in [5.74, 6) is 0.174. The number of aromatic carboxylic acids is 1. The topological polar surface area (TPSA) is 83.2 Å². The van der Waals surface area contributed by atoms with E-state index in [1.54, 1.807) is 51.4 Å². The summed E-state index contributed by atoms with van der Waals surface area (Å²) >= 11 is 0. The Morgan fingerprint density at radius 3 is 2.67 bits per heavy atom. The van der Waals surface area contributed by atoms with Gasteiger partial charge in [0, 0.05) is 32.7 Å². The lowest BCUT2D eigenvalue weighted by atomic mass is 10.0. The van der Waals surface area contributed by atoms with E-state index in [-0.39, 0.29) is 11.5 Å². The highest BCUT2D eigenvalue weighted by atomic mass is 16.5. The van der Waals surface area contributed by atoms with Crippen molar-refractivity contribution in [1.29, 1.82) is 0 Å². The van der Waals surface area contributed by atoms with E-state index < -0.39 is 11.6 Å². The fourth-order valence-electron chi connectivity index (χ4n) is 3.40. The number of nitrogens with zero attached hydrogens (tertiary/aromatic N) is 2. The maximum atomic E-state index is 12.4. The second-order valence-corrected chi connectivity index (χ2v) is 7.11. The number of benzene rings is 1. The second kappa shape index (κ2) is 7.54. The van der Waals surface area contributed by atoms with E-state index in [9.17, 15) is 14.7 Å². The number of carboxylic acids is 1. The monoisotopic (exact) mass is 372 g/mol. The molecule has 0 saturated carbocycles. The van der Waals surface area contributed by atoms with Crippen LogP contribution in [0.2, 0.25) is 0 Å². The van der Waals surface area contributed by atoms with Crippen LogP contribution in [0.1, 0.15) is 23.0 Å². The van der Waals surface area contributed by atoms with Gasteiger partial charge >= 0.3 is 5.97 Å². The first-order valence-electron chi connectivity index (χ1n) is 8.79. The number of likely N-dealkylation sites (N-methyl/N-ethyl adjacent to an activating group) is 1. The third-order valence-electron chi connectivity index (χ3n) is 4.68. The van der Waals surface area contributed by atoms with Gasteiger partial charge in [-0.05, 0) is 25.1 Å². The summed E-state index contributed by atoms with van der Waals surface area (Å²) in [5, 5.41) is 9.35. The molecular formula is C20H24N2O5. The molecule has 2 aromatic rings. The molecule has 7 heteroatoms. The van der Waals surface area contributed by atoms with Crippen molar-refractivity contribution >= 4 is 11.9 Å². The first-order chi connectivity index (χ1) is 12.8. The van der Waals surface area contributed by atoms with Crippen LogP contribution in [0.15, 0.2) is 40.8 Å². The molecule has 0 bridgehead atoms. The maximum Gasteiger partial charge on any atom is 0.336 e. The van der Waals surface area contributed by atoms with Gasteiger partial charge in [0.05, 0.1) is 18.7 Å². The summed E-state index contributed by atoms with van der Waals surface area (Å²) in [6.07, 6.45) is 0. The largest absolute Gasteiger partial charge is 0.478 e. The van der Waals surface area contributed by atoms with Gasteiger partial charge in [-0.3, -0.25) is 9.69 Å². The van der Waals surface area contributed by atoms with Gasteiger partial charge in [-0.1, -0.05) is 18.2 Å². The van der Waals surface area contributed by atoms with E-state index >= 15 is 0 Å². The van der Waals surface area contributed by atoms with Crippen LogP contribution in [0.25, 0.3) is 11.3 Å². The summed E-state index contributed by atoms with van der Waals surface area (Å²) in [5.41, 5.74) is -0.132. The lowest BCUT2D eigenvalue weighted by Gasteiger charge is -2.40. The highest BCUT2D eigenvalue weighted by Crippen LogP contribution is 2.27. The molecule has 1 atom stereocenters. The summed E-state index contributed by atoms with van der Waals surface area (Å²) in [7, 11) is 3.43. The van der Waals surface area contributed by atoms with Gasteiger partial charge in [0.15, 0.2) is 5.60 Å². The van der Waals surface area contributed by atoms with Crippen molar-refractivity contribution < 1.29 is 23.8 Å². The zero-order valence-electron chi connectivity index (χ0n) is 15.8. The van der Waals surface area contributed by atoms with Crippen LogP contribution in [-0.2, 0) is 16.1 Å². The Kier molecular flexibility index (Phi) is 5.34. The zero-order chi connectivity index (χ0) is 19.6. The van der Waals surface area contributed by atoms with Gasteiger partial charge in [0.2, 0.25) is 0 Å². The molecule has 1 fully saturated rings. The van der Waals surface area contributed by atoms with Crippen LogP contribution < -0.4 is 0 Å². The van der Waals surface area contributed by atoms with E-state index in [1.807, 2.05) is 6.07 Å². The molecule has 27 heavy (non-hydrogen) atoms. The fraction of sp³-hybridized carbons (Fsp3) is 0.400. The first kappa shape index (κ1) is 19.1. The second-order valence-electron chi connectivity index (χ2n) is 7.11. The predicted octanol–water partition coefficient (Wildman–Crippen LogP) is 2.32. The third kappa shape index (κ3) is 4.04. The number of carboxylic acid groups (broad SMARTS) is 1. The van der Waals surface area contributed by atoms with Gasteiger partial charge in [-0.25, -0.2) is 4.79 Å². The fourth-order valence-corrected chi connectivity index (χ4v) is 3.40. The number of furan rings is 1. The van der Waals surface area contributed by atoms with Crippen molar-refractivity contribution in [2.24, 2.45) is 0 Å². The van der Waals surface area contributed by atoms with E-state index in [2.05, 4.69) is 4.90 Å². The molecule has 1 aromatic heterocycles. The summed E-state index contributed by atoms with van der Waals surface area (Å²) in [4.78, 5) is 27.5. The minimum Gasteiger partial charge on any atom is -0.478 e. The van der Waals surface area contributed by atoms with Crippen molar-refractivity contribution in [3.05, 3.63) is 47.7 Å². The normalized spacial score (nSPS) is 20.4. The van der Waals surface area contributed by atoms with Crippen LogP contribution in [0.3, 0.4) is 0 Å². The van der Waals surface area contributed by atoms with Gasteiger partial charge in [0.25, 0.3) is 5.91 Å². The lowest BCUT2D eigenvalue weighted by Crippen LogP contribution is -2.57. The summed E-state index contributed by atoms with van der Waals surface area (Å²) < 4.78 is 11.6. The summed E-state index contributed by atoms with van der Waals surface area (Å²) in [6.45, 7) is 3.95. The molecule has 0 radical (unpaired) electrons. The molecule has 0 unspecified atom stereocenters. The van der Waals surface area contributed by atoms with Crippen LogP contribution in [0, 0.1) is 0 Å². The third-order valence-corrected chi connectivity index (χ3v) is 4.68. The number of carbonyl (C=O) groups is 2. The number of morpholine rings is 1. The van der Waals surface area contributed by atoms with Crippen molar-refractivity contribution in [3.8, 4) is 11.3 Å². The van der Waals surface area contributed by atoms with E-state index in [4.69, 9.17) is 9.15 Å². The molecule has 2 heterocycles. The molecule has 144 valence electrons. The highest BCUT2D eigenvalue weighted by molar-refractivity contribution is 5.95. The molecule has 1 aromatic carbocycles. The number of carbonyl (C=O) groups excluding carboxylic acids is 1. The molecule has 3 rings (SSSR count). The zero-order valence-corrected chi connectivity index (χ0v) is 15.8. The van der Waals surface area contributed by atoms with Crippen molar-refractivity contribution in [3.63, 3.8) is 0 Å². The number of ether oxygens (including phenoxy) is 1. The van der Waals surface area contributed by atoms with Crippen molar-refractivity contribution in [1.82, 2.24) is 9.80 Å². The molecule has 1 aliphatic rings. The van der Waals surface area contributed by atoms with Crippen LogP contribution in [-0.4, -0.2) is 66.2 Å². The average molecular weight is 372 g/mol. The molecular weight excluding hydrogens is 348 g/mol. The van der Waals surface area contributed by atoms with Gasteiger partial charge in [-0.15, -0.1) is 0 Å². The average Bonchev–Trinajstić information content (AvgIpc) is 3.09. The maximum absolute atomic E-state index is 12.4. The van der Waals surface area contributed by atoms with Crippen LogP contribution in [0.5, 0.6) is 0 Å². The van der Waals surface area contributed by atoms with Crippen LogP contribution in [0.4, 0.5) is 0 Å². The molecule has 1 amide bonds. The predicted molar refractivity (Wildman–Crippen MR) is 99.4 cm³/mol. The first-order valence-corrected chi connectivity index (χ1v) is 8.79. The lowest BCUT2D eigenvalue weighted by molar-refractivity contribution is -0.165. The summed E-state index contributed by atoms with van der Waals surface area (Å²) in [6, 6.07) is 10.4. The molecule has 7 nitrogen and oxygen atoms in total. The molecule has 0 aliphatic carbocycles. The van der Waals surface area contributed by atoms with E-state index in [0.717, 1.165) is 0 Å². The Hall–Kier alpha value is -2.64. The smallest absolute Gasteiger partial charge is 0.336 e. The highest BCUT2D eigenvalue weighted by Gasteiger charge is 2.40. The van der Waals surface area contributed by atoms with E-state index in [0.29, 0.717) is 43.3 Å². The number of amides is 1. The Balaban J connectivity index is 1.75. The minimum absolute atomic E-state index is 0.0669. The molecule has 1 N–H and O–H groups in total. The Morgan fingerprint density at radius 1 is 1.22 bits per heavy atom. The van der Waals surface area contributed by atoms with Crippen LogP contribution >= 0.6 is 0 Å². The Bertz CT molecular complexity index is 844. The number of hydrogen-bond acceptors (Lipinski definition) is 5. The van der Waals surface area contributed by atoms with E-state index in [1.165, 1.54) is 4.90 Å². The quantitative estimate of drug-likeness (QED) is 0.867. The molecule has 1 aliphatic heterocycles. The van der Waals surface area contributed by atoms with Crippen molar-refractivity contribution in [2.75, 3.05) is 33.8 Å². The van der Waals surface area contributed by atoms with Gasteiger partial charge in [0.1, 0.15) is 11.5 Å². The Labute approximate surface area is 158 Å². The standard InChI is InChI=1S/C20H24N2O5/c1-20(19(25)21(2)3)13-22(10-11-26-20)12-14-8-9-17(27-14)15-6-4-5-7-16(15)18(23)24/h4-9H,10-13H2,1-3H3,(H,23,24)/t20-/m0/s1. The van der Waals surface area contributed by atoms with Crippen molar-refractivity contribution in [2.45, 2.75) is 19.1 Å². The molecule has 1 saturated heterocycles. The SMILES string of the molecule is CN(C)C(=O)[C@]1(C)CN(Cc2ccc(-c3ccccc3C(=O)O)o2)CCO1. The number of hydrogen-bond donors (Lipinski definition) is 1. The van der Waals surface area contributed by atoms with Gasteiger partial charge in [-0.2, -0.15) is 0 Å². The minimum atomic E-state index is -0.991. The van der Waals surface area contributed by atoms with Gasteiger partial charge < -0.3 is 19.2 Å². The molecule has 0 spiro atoms. The number of rotatable bonds is 5. The Morgan fingerprint density at radius 2 is 1.96 bits per heavy atom.